The molecule has 0 atom stereocenters. The second-order valence-corrected chi connectivity index (χ2v) is 4.40. The van der Waals surface area contributed by atoms with Crippen molar-refractivity contribution in [1.29, 1.82) is 0 Å². The van der Waals surface area contributed by atoms with Crippen molar-refractivity contribution >= 4 is 34.9 Å². The molecule has 2 aromatic heterocycles. The quantitative estimate of drug-likeness (QED) is 0.831. The molecule has 2 aromatic rings. The predicted molar refractivity (Wildman–Crippen MR) is 71.8 cm³/mol. The molecule has 8 heteroatoms. The number of H-pyrrole nitrogens is 1. The molecule has 1 amide bonds. The Hall–Kier alpha value is -1.92. The van der Waals surface area contributed by atoms with Gasteiger partial charge in [-0.1, -0.05) is 23.2 Å². The maximum atomic E-state index is 11.9. The fourth-order valence-electron chi connectivity index (χ4n) is 1.36. The molecule has 2 rings (SSSR count). The van der Waals surface area contributed by atoms with Crippen molar-refractivity contribution in [3.05, 3.63) is 50.2 Å². The fraction of sp³-hybridized carbons (Fsp3) is 0.0909. The van der Waals surface area contributed by atoms with Crippen LogP contribution in [0.5, 0.6) is 0 Å². The molecule has 0 bridgehead atoms. The molecule has 2 N–H and O–H groups in total. The van der Waals surface area contributed by atoms with Crippen LogP contribution >= 0.6 is 23.2 Å². The second-order valence-electron chi connectivity index (χ2n) is 3.67. The summed E-state index contributed by atoms with van der Waals surface area (Å²) in [6.45, 7) is 1.71. The van der Waals surface area contributed by atoms with E-state index in [1.54, 1.807) is 13.0 Å². The highest BCUT2D eigenvalue weighted by atomic mass is 35.5. The van der Waals surface area contributed by atoms with Crippen LogP contribution in [0.4, 0.5) is 5.82 Å². The molecule has 0 saturated heterocycles. The van der Waals surface area contributed by atoms with E-state index in [9.17, 15) is 9.59 Å². The predicted octanol–water partition coefficient (Wildman–Crippen LogP) is 2.03. The average Bonchev–Trinajstić information content (AvgIpc) is 2.34. The first-order valence-electron chi connectivity index (χ1n) is 5.16. The SMILES string of the molecule is Cc1ccc(C(=O)Nc2ncnc(Cl)c2Cl)c(=O)[nH]1. The van der Waals surface area contributed by atoms with Crippen LogP contribution in [0.15, 0.2) is 23.3 Å². The van der Waals surface area contributed by atoms with Crippen LogP contribution in [0.1, 0.15) is 16.1 Å². The summed E-state index contributed by atoms with van der Waals surface area (Å²) in [5.41, 5.74) is 0.120. The van der Waals surface area contributed by atoms with Gasteiger partial charge in [0.2, 0.25) is 0 Å². The van der Waals surface area contributed by atoms with Gasteiger partial charge in [0.1, 0.15) is 16.9 Å². The fourth-order valence-corrected chi connectivity index (χ4v) is 1.64. The molecular weight excluding hydrogens is 291 g/mol. The molecule has 98 valence electrons. The molecule has 2 heterocycles. The zero-order valence-electron chi connectivity index (χ0n) is 9.70. The lowest BCUT2D eigenvalue weighted by atomic mass is 10.2. The first kappa shape index (κ1) is 13.5. The number of carbonyl (C=O) groups excluding carboxylic acids is 1. The lowest BCUT2D eigenvalue weighted by Crippen LogP contribution is -2.23. The molecule has 0 aliphatic heterocycles. The number of nitrogens with zero attached hydrogens (tertiary/aromatic N) is 2. The van der Waals surface area contributed by atoms with E-state index >= 15 is 0 Å². The molecule has 0 unspecified atom stereocenters. The van der Waals surface area contributed by atoms with Gasteiger partial charge in [0, 0.05) is 5.69 Å². The highest BCUT2D eigenvalue weighted by molar-refractivity contribution is 6.43. The Morgan fingerprint density at radius 1 is 1.32 bits per heavy atom. The number of carbonyl (C=O) groups is 1. The summed E-state index contributed by atoms with van der Waals surface area (Å²) in [4.78, 5) is 33.5. The number of amides is 1. The second kappa shape index (κ2) is 5.38. The highest BCUT2D eigenvalue weighted by Crippen LogP contribution is 2.25. The minimum atomic E-state index is -0.627. The van der Waals surface area contributed by atoms with Crippen molar-refractivity contribution in [1.82, 2.24) is 15.0 Å². The van der Waals surface area contributed by atoms with Crippen molar-refractivity contribution in [2.45, 2.75) is 6.92 Å². The van der Waals surface area contributed by atoms with Crippen LogP contribution < -0.4 is 10.9 Å². The van der Waals surface area contributed by atoms with E-state index < -0.39 is 11.5 Å². The third-order valence-electron chi connectivity index (χ3n) is 2.28. The maximum Gasteiger partial charge on any atom is 0.262 e. The summed E-state index contributed by atoms with van der Waals surface area (Å²) < 4.78 is 0. The van der Waals surface area contributed by atoms with Crippen molar-refractivity contribution in [3.8, 4) is 0 Å². The first-order chi connectivity index (χ1) is 8.99. The van der Waals surface area contributed by atoms with Crippen molar-refractivity contribution in [2.24, 2.45) is 0 Å². The van der Waals surface area contributed by atoms with Crippen LogP contribution in [0.2, 0.25) is 10.2 Å². The van der Waals surface area contributed by atoms with Gasteiger partial charge in [0.05, 0.1) is 0 Å². The topological polar surface area (TPSA) is 87.7 Å². The van der Waals surface area contributed by atoms with Crippen LogP contribution in [0, 0.1) is 6.92 Å². The number of anilines is 1. The molecule has 6 nitrogen and oxygen atoms in total. The van der Waals surface area contributed by atoms with Gasteiger partial charge < -0.3 is 10.3 Å². The zero-order chi connectivity index (χ0) is 14.0. The number of aryl methyl sites for hydroxylation is 1. The minimum absolute atomic E-state index is 0.0149. The summed E-state index contributed by atoms with van der Waals surface area (Å²) in [7, 11) is 0. The molecule has 0 aliphatic carbocycles. The molecule has 0 spiro atoms. The molecule has 19 heavy (non-hydrogen) atoms. The van der Waals surface area contributed by atoms with E-state index in [-0.39, 0.29) is 21.6 Å². The minimum Gasteiger partial charge on any atom is -0.326 e. The van der Waals surface area contributed by atoms with E-state index in [1.165, 1.54) is 6.07 Å². The number of hydrogen-bond acceptors (Lipinski definition) is 4. The Morgan fingerprint density at radius 3 is 2.74 bits per heavy atom. The number of pyridine rings is 1. The van der Waals surface area contributed by atoms with Gasteiger partial charge in [-0.25, -0.2) is 9.97 Å². The number of rotatable bonds is 2. The van der Waals surface area contributed by atoms with Gasteiger partial charge in [-0.2, -0.15) is 0 Å². The van der Waals surface area contributed by atoms with E-state index in [0.717, 1.165) is 6.33 Å². The van der Waals surface area contributed by atoms with Gasteiger partial charge in [0.25, 0.3) is 11.5 Å². The molecule has 0 aliphatic rings. The number of aromatic amines is 1. The molecular formula is C11H8Cl2N4O2. The average molecular weight is 299 g/mol. The van der Waals surface area contributed by atoms with Gasteiger partial charge >= 0.3 is 0 Å². The third-order valence-corrected chi connectivity index (χ3v) is 3.02. The Labute approximate surface area is 117 Å². The van der Waals surface area contributed by atoms with E-state index in [0.29, 0.717) is 5.69 Å². The largest absolute Gasteiger partial charge is 0.326 e. The van der Waals surface area contributed by atoms with Crippen molar-refractivity contribution in [2.75, 3.05) is 5.32 Å². The zero-order valence-corrected chi connectivity index (χ0v) is 11.2. The van der Waals surface area contributed by atoms with Crippen molar-refractivity contribution in [3.63, 3.8) is 0 Å². The number of nitrogens with one attached hydrogen (secondary N) is 2. The number of halogens is 2. The summed E-state index contributed by atoms with van der Waals surface area (Å²) in [5.74, 6) is -0.579. The van der Waals surface area contributed by atoms with Crippen LogP contribution in [-0.4, -0.2) is 20.9 Å². The van der Waals surface area contributed by atoms with Crippen LogP contribution in [0.3, 0.4) is 0 Å². The maximum absolute atomic E-state index is 11.9. The van der Waals surface area contributed by atoms with Crippen LogP contribution in [0.25, 0.3) is 0 Å². The van der Waals surface area contributed by atoms with E-state index in [1.807, 2.05) is 0 Å². The van der Waals surface area contributed by atoms with Gasteiger partial charge in [0.15, 0.2) is 11.0 Å². The van der Waals surface area contributed by atoms with Gasteiger partial charge in [-0.15, -0.1) is 0 Å². The van der Waals surface area contributed by atoms with Crippen molar-refractivity contribution < 1.29 is 4.79 Å². The summed E-state index contributed by atoms with van der Waals surface area (Å²) >= 11 is 11.5. The molecule has 0 radical (unpaired) electrons. The smallest absolute Gasteiger partial charge is 0.262 e. The highest BCUT2D eigenvalue weighted by Gasteiger charge is 2.14. The van der Waals surface area contributed by atoms with Gasteiger partial charge in [-0.3, -0.25) is 9.59 Å². The normalized spacial score (nSPS) is 10.3. The first-order valence-corrected chi connectivity index (χ1v) is 5.92. The number of aromatic nitrogens is 3. The number of hydrogen-bond donors (Lipinski definition) is 2. The van der Waals surface area contributed by atoms with E-state index in [2.05, 4.69) is 20.3 Å². The Morgan fingerprint density at radius 2 is 2.05 bits per heavy atom. The standard InChI is InChI=1S/C11H8Cl2N4O2/c1-5-2-3-6(10(18)16-5)11(19)17-9-7(12)8(13)14-4-15-9/h2-4H,1H3,(H,16,18)(H,14,15,17,19). The summed E-state index contributed by atoms with van der Waals surface area (Å²) in [5, 5.41) is 2.43. The van der Waals surface area contributed by atoms with E-state index in [4.69, 9.17) is 23.2 Å². The third kappa shape index (κ3) is 2.91. The van der Waals surface area contributed by atoms with Crippen LogP contribution in [-0.2, 0) is 0 Å². The van der Waals surface area contributed by atoms with Gasteiger partial charge in [-0.05, 0) is 19.1 Å². The summed E-state index contributed by atoms with van der Waals surface area (Å²) in [6, 6.07) is 3.03. The molecule has 0 saturated carbocycles. The summed E-state index contributed by atoms with van der Waals surface area (Å²) in [6.07, 6.45) is 1.16. The Bertz CT molecular complexity index is 699. The monoisotopic (exact) mass is 298 g/mol. The Kier molecular flexibility index (Phi) is 3.82. The Balaban J connectivity index is 2.31. The molecule has 0 fully saturated rings. The molecule has 0 aromatic carbocycles. The lowest BCUT2D eigenvalue weighted by Gasteiger charge is -2.06. The lowest BCUT2D eigenvalue weighted by molar-refractivity contribution is 0.102.